The van der Waals surface area contributed by atoms with E-state index >= 15 is 0 Å². The monoisotopic (exact) mass is 370 g/mol. The molecule has 2 aromatic rings. The number of hydrogen-bond donors (Lipinski definition) is 1. The first-order chi connectivity index (χ1) is 13.0. The molecule has 1 heterocycles. The van der Waals surface area contributed by atoms with E-state index in [9.17, 15) is 18.8 Å². The second-order valence-electron chi connectivity index (χ2n) is 6.13. The minimum absolute atomic E-state index is 0.0739. The molecule has 0 unspecified atom stereocenters. The van der Waals surface area contributed by atoms with Crippen LogP contribution in [-0.4, -0.2) is 30.9 Å². The maximum absolute atomic E-state index is 13.5. The van der Waals surface area contributed by atoms with Crippen molar-refractivity contribution in [2.24, 2.45) is 0 Å². The van der Waals surface area contributed by atoms with Crippen molar-refractivity contribution in [2.75, 3.05) is 18.0 Å². The smallest absolute Gasteiger partial charge is 0.325 e. The Morgan fingerprint density at radius 1 is 1.11 bits per heavy atom. The van der Waals surface area contributed by atoms with Crippen molar-refractivity contribution < 1.29 is 23.5 Å². The van der Waals surface area contributed by atoms with Gasteiger partial charge < -0.3 is 15.0 Å². The molecule has 1 fully saturated rings. The lowest BCUT2D eigenvalue weighted by molar-refractivity contribution is -0.143. The summed E-state index contributed by atoms with van der Waals surface area (Å²) in [6.45, 7) is 0.164. The number of carbonyl (C=O) groups is 3. The van der Waals surface area contributed by atoms with E-state index in [1.165, 1.54) is 12.1 Å². The van der Waals surface area contributed by atoms with Crippen LogP contribution in [0, 0.1) is 5.82 Å². The van der Waals surface area contributed by atoms with Crippen LogP contribution < -0.4 is 10.2 Å². The average Bonchev–Trinajstić information content (AvgIpc) is 3.11. The molecule has 3 rings (SSSR count). The molecule has 6 nitrogen and oxygen atoms in total. The van der Waals surface area contributed by atoms with Crippen molar-refractivity contribution in [2.45, 2.75) is 19.4 Å². The summed E-state index contributed by atoms with van der Waals surface area (Å²) < 4.78 is 18.4. The molecule has 0 radical (unpaired) electrons. The van der Waals surface area contributed by atoms with E-state index in [2.05, 4.69) is 5.32 Å². The summed E-state index contributed by atoms with van der Waals surface area (Å²) in [5, 5.41) is 2.46. The maximum atomic E-state index is 13.5. The predicted octanol–water partition coefficient (Wildman–Crippen LogP) is 2.43. The largest absolute Gasteiger partial charge is 0.459 e. The van der Waals surface area contributed by atoms with Crippen LogP contribution in [0.1, 0.15) is 28.8 Å². The quantitative estimate of drug-likeness (QED) is 0.793. The zero-order valence-corrected chi connectivity index (χ0v) is 14.6. The number of hydrogen-bond acceptors (Lipinski definition) is 4. The van der Waals surface area contributed by atoms with Crippen LogP contribution >= 0.6 is 0 Å². The first-order valence-electron chi connectivity index (χ1n) is 8.62. The molecule has 0 atom stereocenters. The second-order valence-corrected chi connectivity index (χ2v) is 6.13. The number of esters is 1. The highest BCUT2D eigenvalue weighted by atomic mass is 19.1. The van der Waals surface area contributed by atoms with Gasteiger partial charge in [0.1, 0.15) is 19.0 Å². The molecular formula is C20H19FN2O4. The Morgan fingerprint density at radius 3 is 2.52 bits per heavy atom. The summed E-state index contributed by atoms with van der Waals surface area (Å²) in [4.78, 5) is 37.2. The normalized spacial score (nSPS) is 13.5. The Morgan fingerprint density at radius 2 is 1.85 bits per heavy atom. The molecule has 140 valence electrons. The highest BCUT2D eigenvalue weighted by Gasteiger charge is 2.21. The standard InChI is InChI=1S/C20H19FN2O4/c21-17-5-2-1-4-15(17)13-27-19(25)12-22-20(26)14-7-9-16(10-8-14)23-11-3-6-18(23)24/h1-2,4-5,7-10H,3,6,11-13H2,(H,22,26). The van der Waals surface area contributed by atoms with Gasteiger partial charge in [-0.15, -0.1) is 0 Å². The van der Waals surface area contributed by atoms with Crippen LogP contribution in [0.5, 0.6) is 0 Å². The molecule has 27 heavy (non-hydrogen) atoms. The van der Waals surface area contributed by atoms with Crippen molar-refractivity contribution in [1.82, 2.24) is 5.32 Å². The number of ether oxygens (including phenoxy) is 1. The van der Waals surface area contributed by atoms with E-state index in [0.717, 1.165) is 12.1 Å². The number of benzene rings is 2. The number of halogens is 1. The first-order valence-corrected chi connectivity index (χ1v) is 8.62. The van der Waals surface area contributed by atoms with E-state index in [4.69, 9.17) is 4.74 Å². The minimum Gasteiger partial charge on any atom is -0.459 e. The number of rotatable bonds is 6. The van der Waals surface area contributed by atoms with Gasteiger partial charge in [0.25, 0.3) is 5.91 Å². The van der Waals surface area contributed by atoms with E-state index in [0.29, 0.717) is 18.5 Å². The van der Waals surface area contributed by atoms with Gasteiger partial charge in [0.05, 0.1) is 0 Å². The van der Waals surface area contributed by atoms with E-state index in [1.54, 1.807) is 41.3 Å². The van der Waals surface area contributed by atoms with Crippen molar-refractivity contribution in [3.63, 3.8) is 0 Å². The molecule has 0 aromatic heterocycles. The lowest BCUT2D eigenvalue weighted by atomic mass is 10.2. The molecule has 2 amide bonds. The van der Waals surface area contributed by atoms with Crippen LogP contribution in [0.15, 0.2) is 48.5 Å². The van der Waals surface area contributed by atoms with Gasteiger partial charge in [-0.2, -0.15) is 0 Å². The van der Waals surface area contributed by atoms with Crippen LogP contribution in [0.2, 0.25) is 0 Å². The van der Waals surface area contributed by atoms with Crippen LogP contribution in [0.3, 0.4) is 0 Å². The maximum Gasteiger partial charge on any atom is 0.325 e. The summed E-state index contributed by atoms with van der Waals surface area (Å²) in [5.74, 6) is -1.47. The number of nitrogens with zero attached hydrogens (tertiary/aromatic N) is 1. The zero-order valence-electron chi connectivity index (χ0n) is 14.6. The van der Waals surface area contributed by atoms with Gasteiger partial charge in [0, 0.05) is 29.8 Å². The SMILES string of the molecule is O=C(CNC(=O)c1ccc(N2CCCC2=O)cc1)OCc1ccccc1F. The molecule has 2 aromatic carbocycles. The van der Waals surface area contributed by atoms with Gasteiger partial charge in [-0.25, -0.2) is 4.39 Å². The topological polar surface area (TPSA) is 75.7 Å². The van der Waals surface area contributed by atoms with Crippen LogP contribution in [0.25, 0.3) is 0 Å². The fourth-order valence-electron chi connectivity index (χ4n) is 2.79. The highest BCUT2D eigenvalue weighted by molar-refractivity contribution is 5.98. The number of anilines is 1. The summed E-state index contributed by atoms with van der Waals surface area (Å²) in [7, 11) is 0. The van der Waals surface area contributed by atoms with Gasteiger partial charge in [-0.1, -0.05) is 18.2 Å². The molecule has 1 aliphatic rings. The lowest BCUT2D eigenvalue weighted by Gasteiger charge is -2.15. The third-order valence-electron chi connectivity index (χ3n) is 4.25. The summed E-state index contributed by atoms with van der Waals surface area (Å²) in [5.41, 5.74) is 1.38. The Labute approximate surface area is 155 Å². The molecular weight excluding hydrogens is 351 g/mol. The van der Waals surface area contributed by atoms with Crippen molar-refractivity contribution in [3.8, 4) is 0 Å². The summed E-state index contributed by atoms with van der Waals surface area (Å²) >= 11 is 0. The summed E-state index contributed by atoms with van der Waals surface area (Å²) in [6, 6.07) is 12.6. The van der Waals surface area contributed by atoms with Crippen molar-refractivity contribution in [1.29, 1.82) is 0 Å². The van der Waals surface area contributed by atoms with Gasteiger partial charge in [0.2, 0.25) is 5.91 Å². The van der Waals surface area contributed by atoms with Gasteiger partial charge >= 0.3 is 5.97 Å². The Bertz CT molecular complexity index is 851. The molecule has 1 N–H and O–H groups in total. The second kappa shape index (κ2) is 8.44. The molecule has 1 aliphatic heterocycles. The third-order valence-corrected chi connectivity index (χ3v) is 4.25. The Kier molecular flexibility index (Phi) is 5.80. The van der Waals surface area contributed by atoms with Gasteiger partial charge in [-0.05, 0) is 36.8 Å². The van der Waals surface area contributed by atoms with Gasteiger partial charge in [-0.3, -0.25) is 14.4 Å². The first kappa shape index (κ1) is 18.6. The van der Waals surface area contributed by atoms with Crippen LogP contribution in [-0.2, 0) is 20.9 Å². The number of nitrogens with one attached hydrogen (secondary N) is 1. The molecule has 1 saturated heterocycles. The number of amides is 2. The van der Waals surface area contributed by atoms with Gasteiger partial charge in [0.15, 0.2) is 0 Å². The predicted molar refractivity (Wildman–Crippen MR) is 96.6 cm³/mol. The molecule has 0 aliphatic carbocycles. The molecule has 0 saturated carbocycles. The number of carbonyl (C=O) groups excluding carboxylic acids is 3. The Hall–Kier alpha value is -3.22. The third kappa shape index (κ3) is 4.69. The zero-order chi connectivity index (χ0) is 19.2. The molecule has 0 bridgehead atoms. The van der Waals surface area contributed by atoms with E-state index < -0.39 is 17.7 Å². The lowest BCUT2D eigenvalue weighted by Crippen LogP contribution is -2.30. The van der Waals surface area contributed by atoms with Crippen molar-refractivity contribution >= 4 is 23.5 Å². The highest BCUT2D eigenvalue weighted by Crippen LogP contribution is 2.21. The fourth-order valence-corrected chi connectivity index (χ4v) is 2.79. The Balaban J connectivity index is 1.48. The van der Waals surface area contributed by atoms with E-state index in [1.807, 2.05) is 0 Å². The molecule has 7 heteroatoms. The fraction of sp³-hybridized carbons (Fsp3) is 0.250. The molecule has 0 spiro atoms. The van der Waals surface area contributed by atoms with Crippen molar-refractivity contribution in [3.05, 3.63) is 65.5 Å². The van der Waals surface area contributed by atoms with E-state index in [-0.39, 0.29) is 24.6 Å². The average molecular weight is 370 g/mol. The summed E-state index contributed by atoms with van der Waals surface area (Å²) in [6.07, 6.45) is 1.37. The van der Waals surface area contributed by atoms with Crippen LogP contribution in [0.4, 0.5) is 10.1 Å². The minimum atomic E-state index is -0.661.